The second-order valence-electron chi connectivity index (χ2n) is 5.27. The lowest BCUT2D eigenvalue weighted by Crippen LogP contribution is -2.50. The highest BCUT2D eigenvalue weighted by Crippen LogP contribution is 2.33. The Kier molecular flexibility index (Phi) is 2.22. The number of hydrogen-bond donors (Lipinski definition) is 1. The number of imide groups is 1. The van der Waals surface area contributed by atoms with Crippen LogP contribution in [0.5, 0.6) is 0 Å². The molecular formula is C13H14N2O3. The van der Waals surface area contributed by atoms with Gasteiger partial charge in [-0.15, -0.1) is 0 Å². The molecule has 2 aliphatic heterocycles. The van der Waals surface area contributed by atoms with Crippen LogP contribution in [0.3, 0.4) is 0 Å². The van der Waals surface area contributed by atoms with Gasteiger partial charge in [0, 0.05) is 17.6 Å². The Morgan fingerprint density at radius 2 is 2.06 bits per heavy atom. The molecule has 18 heavy (non-hydrogen) atoms. The number of ether oxygens (including phenoxy) is 1. The molecule has 1 saturated heterocycles. The second kappa shape index (κ2) is 3.55. The number of rotatable bonds is 2. The number of nitrogens with two attached hydrogens (primary N) is 1. The van der Waals surface area contributed by atoms with E-state index in [0.717, 1.165) is 0 Å². The number of anilines is 1. The molecular weight excluding hydrogens is 232 g/mol. The van der Waals surface area contributed by atoms with Crippen molar-refractivity contribution in [3.63, 3.8) is 0 Å². The summed E-state index contributed by atoms with van der Waals surface area (Å²) in [7, 11) is 0. The van der Waals surface area contributed by atoms with Gasteiger partial charge in [0.25, 0.3) is 11.8 Å². The molecule has 1 aromatic rings. The minimum absolute atomic E-state index is 0.123. The smallest absolute Gasteiger partial charge is 0.263 e. The molecule has 0 saturated carbocycles. The minimum Gasteiger partial charge on any atom is -0.398 e. The molecule has 0 spiro atoms. The molecule has 0 bridgehead atoms. The highest BCUT2D eigenvalue weighted by atomic mass is 16.5. The van der Waals surface area contributed by atoms with Crippen molar-refractivity contribution in [2.45, 2.75) is 6.92 Å². The lowest BCUT2D eigenvalue weighted by molar-refractivity contribution is -0.107. The molecule has 0 aromatic heterocycles. The molecule has 94 valence electrons. The van der Waals surface area contributed by atoms with E-state index in [1.165, 1.54) is 4.90 Å². The fourth-order valence-corrected chi connectivity index (χ4v) is 2.43. The van der Waals surface area contributed by atoms with E-state index in [9.17, 15) is 9.59 Å². The summed E-state index contributed by atoms with van der Waals surface area (Å²) in [6.45, 7) is 3.55. The fraction of sp³-hybridized carbons (Fsp3) is 0.385. The van der Waals surface area contributed by atoms with Crippen molar-refractivity contribution in [1.82, 2.24) is 4.90 Å². The van der Waals surface area contributed by atoms with Crippen molar-refractivity contribution in [3.05, 3.63) is 29.3 Å². The Morgan fingerprint density at radius 3 is 2.61 bits per heavy atom. The van der Waals surface area contributed by atoms with Crippen LogP contribution >= 0.6 is 0 Å². The van der Waals surface area contributed by atoms with Crippen LogP contribution < -0.4 is 5.73 Å². The van der Waals surface area contributed by atoms with Gasteiger partial charge < -0.3 is 10.5 Å². The number of fused-ring (bicyclic) bond motifs is 1. The average molecular weight is 246 g/mol. The number of carbonyl (C=O) groups is 2. The first-order valence-corrected chi connectivity index (χ1v) is 5.84. The lowest BCUT2D eigenvalue weighted by Gasteiger charge is -2.40. The maximum Gasteiger partial charge on any atom is 0.263 e. The van der Waals surface area contributed by atoms with Crippen LogP contribution in [0.2, 0.25) is 0 Å². The van der Waals surface area contributed by atoms with Gasteiger partial charge >= 0.3 is 0 Å². The molecule has 0 aliphatic carbocycles. The first-order valence-electron chi connectivity index (χ1n) is 5.84. The van der Waals surface area contributed by atoms with Gasteiger partial charge in [0.15, 0.2) is 0 Å². The Morgan fingerprint density at radius 1 is 1.33 bits per heavy atom. The molecule has 1 fully saturated rings. The highest BCUT2D eigenvalue weighted by molar-refractivity contribution is 6.23. The number of hydrogen-bond acceptors (Lipinski definition) is 4. The van der Waals surface area contributed by atoms with Crippen LogP contribution in [0, 0.1) is 5.41 Å². The van der Waals surface area contributed by atoms with E-state index >= 15 is 0 Å². The van der Waals surface area contributed by atoms with Crippen LogP contribution in [-0.4, -0.2) is 36.5 Å². The lowest BCUT2D eigenvalue weighted by atomic mass is 9.88. The third kappa shape index (κ3) is 1.44. The predicted octanol–water partition coefficient (Wildman–Crippen LogP) is 0.901. The van der Waals surface area contributed by atoms with Crippen molar-refractivity contribution in [3.8, 4) is 0 Å². The number of carbonyl (C=O) groups excluding carboxylic acids is 2. The standard InChI is InChI=1S/C13H14N2O3/c1-13(6-18-7-13)5-15-11(16)8-3-2-4-9(14)10(8)12(15)17/h2-4H,5-7,14H2,1H3. The van der Waals surface area contributed by atoms with Crippen molar-refractivity contribution < 1.29 is 14.3 Å². The van der Waals surface area contributed by atoms with Crippen LogP contribution in [0.4, 0.5) is 5.69 Å². The molecule has 0 unspecified atom stereocenters. The highest BCUT2D eigenvalue weighted by Gasteiger charge is 2.43. The monoisotopic (exact) mass is 246 g/mol. The molecule has 2 amide bonds. The molecule has 1 aromatic carbocycles. The van der Waals surface area contributed by atoms with Gasteiger partial charge in [0.1, 0.15) is 0 Å². The van der Waals surface area contributed by atoms with Crippen molar-refractivity contribution >= 4 is 17.5 Å². The van der Waals surface area contributed by atoms with Crippen LogP contribution in [-0.2, 0) is 4.74 Å². The van der Waals surface area contributed by atoms with E-state index < -0.39 is 0 Å². The van der Waals surface area contributed by atoms with Crippen molar-refractivity contribution in [2.75, 3.05) is 25.5 Å². The zero-order chi connectivity index (χ0) is 12.9. The summed E-state index contributed by atoms with van der Waals surface area (Å²) in [6, 6.07) is 4.98. The zero-order valence-electron chi connectivity index (χ0n) is 10.1. The summed E-state index contributed by atoms with van der Waals surface area (Å²) in [4.78, 5) is 25.7. The largest absolute Gasteiger partial charge is 0.398 e. The van der Waals surface area contributed by atoms with Gasteiger partial charge in [-0.1, -0.05) is 13.0 Å². The Bertz CT molecular complexity index is 549. The summed E-state index contributed by atoms with van der Waals surface area (Å²) < 4.78 is 5.15. The summed E-state index contributed by atoms with van der Waals surface area (Å²) in [5.41, 5.74) is 6.76. The van der Waals surface area contributed by atoms with Crippen LogP contribution in [0.25, 0.3) is 0 Å². The van der Waals surface area contributed by atoms with Gasteiger partial charge in [-0.2, -0.15) is 0 Å². The van der Waals surface area contributed by atoms with E-state index in [-0.39, 0.29) is 17.2 Å². The van der Waals surface area contributed by atoms with Crippen molar-refractivity contribution in [2.24, 2.45) is 5.41 Å². The maximum atomic E-state index is 12.2. The van der Waals surface area contributed by atoms with E-state index in [0.29, 0.717) is 36.6 Å². The second-order valence-corrected chi connectivity index (χ2v) is 5.27. The summed E-state index contributed by atoms with van der Waals surface area (Å²) >= 11 is 0. The Labute approximate surface area is 105 Å². The third-order valence-electron chi connectivity index (χ3n) is 3.47. The van der Waals surface area contributed by atoms with E-state index in [2.05, 4.69) is 0 Å². The van der Waals surface area contributed by atoms with Crippen molar-refractivity contribution in [1.29, 1.82) is 0 Å². The SMILES string of the molecule is CC1(CN2C(=O)c3cccc(N)c3C2=O)COC1. The van der Waals surface area contributed by atoms with E-state index in [1.54, 1.807) is 18.2 Å². The molecule has 2 N–H and O–H groups in total. The Hall–Kier alpha value is -1.88. The Balaban J connectivity index is 1.95. The van der Waals surface area contributed by atoms with E-state index in [4.69, 9.17) is 10.5 Å². The molecule has 2 heterocycles. The normalized spacial score (nSPS) is 20.8. The minimum atomic E-state index is -0.291. The third-order valence-corrected chi connectivity index (χ3v) is 3.47. The zero-order valence-corrected chi connectivity index (χ0v) is 10.1. The maximum absolute atomic E-state index is 12.2. The molecule has 0 atom stereocenters. The van der Waals surface area contributed by atoms with E-state index in [1.807, 2.05) is 6.92 Å². The molecule has 2 aliphatic rings. The first-order chi connectivity index (χ1) is 8.52. The van der Waals surface area contributed by atoms with Gasteiger partial charge in [-0.3, -0.25) is 14.5 Å². The first kappa shape index (κ1) is 11.2. The molecule has 3 rings (SSSR count). The van der Waals surface area contributed by atoms with Crippen LogP contribution in [0.1, 0.15) is 27.6 Å². The quantitative estimate of drug-likeness (QED) is 0.621. The summed E-state index contributed by atoms with van der Waals surface area (Å²) in [6.07, 6.45) is 0. The van der Waals surface area contributed by atoms with Gasteiger partial charge in [-0.25, -0.2) is 0 Å². The fourth-order valence-electron chi connectivity index (χ4n) is 2.43. The van der Waals surface area contributed by atoms with Gasteiger partial charge in [-0.05, 0) is 12.1 Å². The van der Waals surface area contributed by atoms with Gasteiger partial charge in [0.05, 0.1) is 24.3 Å². The van der Waals surface area contributed by atoms with Gasteiger partial charge in [0.2, 0.25) is 0 Å². The molecule has 5 heteroatoms. The topological polar surface area (TPSA) is 72.6 Å². The number of benzene rings is 1. The summed E-state index contributed by atoms with van der Waals surface area (Å²) in [5.74, 6) is -0.545. The molecule has 5 nitrogen and oxygen atoms in total. The number of nitrogens with zero attached hydrogens (tertiary/aromatic N) is 1. The summed E-state index contributed by atoms with van der Waals surface area (Å²) in [5, 5.41) is 0. The predicted molar refractivity (Wildman–Crippen MR) is 65.1 cm³/mol. The number of amides is 2. The average Bonchev–Trinajstić information content (AvgIpc) is 2.53. The number of nitrogen functional groups attached to an aromatic ring is 1. The van der Waals surface area contributed by atoms with Crippen LogP contribution in [0.15, 0.2) is 18.2 Å². The molecule has 0 radical (unpaired) electrons.